The van der Waals surface area contributed by atoms with Gasteiger partial charge in [-0.1, -0.05) is 194 Å². The summed E-state index contributed by atoms with van der Waals surface area (Å²) in [6.45, 7) is 12.5. The van der Waals surface area contributed by atoms with Gasteiger partial charge in [0.2, 0.25) is 0 Å². The van der Waals surface area contributed by atoms with Crippen molar-refractivity contribution in [1.82, 2.24) is 38.2 Å². The number of benzene rings is 8. The molecule has 0 N–H and O–H groups in total. The molecule has 0 saturated heterocycles. The average molecular weight is 1110 g/mol. The molecule has 8 aromatic heterocycles. The first-order valence-corrected chi connectivity index (χ1v) is 29.2. The molecule has 410 valence electrons. The maximum Gasteiger partial charge on any atom is 1.00 e. The Bertz CT molecular complexity index is 4330. The summed E-state index contributed by atoms with van der Waals surface area (Å²) in [5.74, 6) is 0. The van der Waals surface area contributed by atoms with Crippen LogP contribution in [-0.4, -0.2) is 38.2 Å². The summed E-state index contributed by atoms with van der Waals surface area (Å²) in [5.41, 5.74) is 18.5. The van der Waals surface area contributed by atoms with Crippen molar-refractivity contribution in [2.75, 3.05) is 0 Å². The number of fused-ring (bicyclic) bond motifs is 12. The second kappa shape index (κ2) is 25.2. The van der Waals surface area contributed by atoms with Crippen LogP contribution in [0.3, 0.4) is 0 Å². The van der Waals surface area contributed by atoms with Crippen molar-refractivity contribution >= 4 is 87.5 Å². The molecule has 0 radical (unpaired) electrons. The molecule has 0 aliphatic heterocycles. The molecule has 0 atom stereocenters. The Kier molecular flexibility index (Phi) is 16.6. The number of para-hydroxylation sites is 4. The van der Waals surface area contributed by atoms with Gasteiger partial charge in [0, 0.05) is 115 Å². The van der Waals surface area contributed by atoms with Gasteiger partial charge in [-0.05, 0) is 88.4 Å². The molecule has 8 aromatic carbocycles. The van der Waals surface area contributed by atoms with Gasteiger partial charge in [0.05, 0.1) is 44.8 Å². The summed E-state index contributed by atoms with van der Waals surface area (Å²) >= 11 is 0. The van der Waals surface area contributed by atoms with Crippen molar-refractivity contribution in [3.05, 3.63) is 267 Å². The van der Waals surface area contributed by atoms with Crippen molar-refractivity contribution in [1.29, 1.82) is 0 Å². The Labute approximate surface area is 519 Å². The van der Waals surface area contributed by atoms with Crippen LogP contribution >= 0.6 is 0 Å². The average Bonchev–Trinajstić information content (AvgIpc) is 3.06. The Morgan fingerprint density at radius 3 is 0.847 bits per heavy atom. The molecule has 8 heterocycles. The molecule has 0 spiro atoms. The first kappa shape index (κ1) is 56.1. The van der Waals surface area contributed by atoms with Crippen LogP contribution in [0.25, 0.3) is 133 Å². The fraction of sp³-hybridized carbons (Fsp3) is 0.105. The zero-order chi connectivity index (χ0) is 56.9. The molecule has 0 unspecified atom stereocenters. The van der Waals surface area contributed by atoms with E-state index in [1.54, 1.807) is 0 Å². The number of rotatable bonds is 8. The molecular formula is C76H65N8Na. The fourth-order valence-corrected chi connectivity index (χ4v) is 12.1. The monoisotopic (exact) mass is 1110 g/mol. The van der Waals surface area contributed by atoms with Crippen LogP contribution in [0.5, 0.6) is 0 Å². The van der Waals surface area contributed by atoms with Gasteiger partial charge in [-0.15, -0.1) is 0 Å². The molecule has 0 amide bonds. The summed E-state index contributed by atoms with van der Waals surface area (Å²) in [6.07, 6.45) is 4.01. The van der Waals surface area contributed by atoms with Crippen molar-refractivity contribution in [2.24, 2.45) is 0 Å². The molecule has 0 aliphatic rings. The standard InChI is InChI=1S/4C19H16N2.Na.H/c2*1-2-21-18-11-7-6-10-15(18)16-13-20-17(12-19(16)21)14-8-4-3-5-9-14;2*1-2-21-18-11-7-6-10-15(18)16-12-13-17(20-19(16)21)14-8-4-3-5-9-14;;/h4*3-13H,2H2,1H3;;/q;;;;+1;-1. The summed E-state index contributed by atoms with van der Waals surface area (Å²) in [7, 11) is 0. The molecule has 0 bridgehead atoms. The van der Waals surface area contributed by atoms with E-state index >= 15 is 0 Å². The molecule has 0 saturated carbocycles. The van der Waals surface area contributed by atoms with Crippen LogP contribution in [0.2, 0.25) is 0 Å². The van der Waals surface area contributed by atoms with Gasteiger partial charge in [0.25, 0.3) is 0 Å². The predicted octanol–water partition coefficient (Wildman–Crippen LogP) is 16.6. The molecule has 0 fully saturated rings. The zero-order valence-corrected chi connectivity index (χ0v) is 50.8. The summed E-state index contributed by atoms with van der Waals surface area (Å²) < 4.78 is 9.30. The molecular weight excluding hydrogens is 1050 g/mol. The van der Waals surface area contributed by atoms with E-state index in [0.717, 1.165) is 82.5 Å². The van der Waals surface area contributed by atoms with Crippen LogP contribution in [0.15, 0.2) is 267 Å². The van der Waals surface area contributed by atoms with Gasteiger partial charge in [0.1, 0.15) is 11.3 Å². The third-order valence-electron chi connectivity index (χ3n) is 16.1. The molecule has 9 heteroatoms. The van der Waals surface area contributed by atoms with E-state index in [1.807, 2.05) is 36.7 Å². The molecule has 8 nitrogen and oxygen atoms in total. The van der Waals surface area contributed by atoms with Gasteiger partial charge in [-0.25, -0.2) is 9.97 Å². The predicted molar refractivity (Wildman–Crippen MR) is 355 cm³/mol. The van der Waals surface area contributed by atoms with Crippen molar-refractivity contribution < 1.29 is 31.0 Å². The Balaban J connectivity index is 0.000000118. The third-order valence-corrected chi connectivity index (χ3v) is 16.1. The van der Waals surface area contributed by atoms with Crippen molar-refractivity contribution in [3.63, 3.8) is 0 Å². The van der Waals surface area contributed by atoms with E-state index in [9.17, 15) is 0 Å². The van der Waals surface area contributed by atoms with E-state index in [-0.39, 0.29) is 31.0 Å². The Morgan fingerprint density at radius 2 is 0.529 bits per heavy atom. The largest absolute Gasteiger partial charge is 1.00 e. The molecule has 0 aliphatic carbocycles. The second-order valence-corrected chi connectivity index (χ2v) is 20.8. The van der Waals surface area contributed by atoms with E-state index < -0.39 is 0 Å². The van der Waals surface area contributed by atoms with E-state index in [4.69, 9.17) is 9.97 Å². The van der Waals surface area contributed by atoms with Crippen LogP contribution in [0, 0.1) is 0 Å². The zero-order valence-electron chi connectivity index (χ0n) is 49.8. The summed E-state index contributed by atoms with van der Waals surface area (Å²) in [6, 6.07) is 88.5. The summed E-state index contributed by atoms with van der Waals surface area (Å²) in [4.78, 5) is 19.2. The normalized spacial score (nSPS) is 11.2. The topological polar surface area (TPSA) is 71.3 Å². The minimum Gasteiger partial charge on any atom is -1.00 e. The number of pyridine rings is 4. The first-order chi connectivity index (χ1) is 41.5. The van der Waals surface area contributed by atoms with Crippen LogP contribution in [0.4, 0.5) is 0 Å². The number of aryl methyl sites for hydroxylation is 4. The van der Waals surface area contributed by atoms with Gasteiger partial charge in [-0.3, -0.25) is 9.97 Å². The number of hydrogen-bond donors (Lipinski definition) is 0. The van der Waals surface area contributed by atoms with Crippen LogP contribution in [0.1, 0.15) is 29.1 Å². The van der Waals surface area contributed by atoms with Crippen LogP contribution < -0.4 is 29.6 Å². The molecule has 16 rings (SSSR count). The van der Waals surface area contributed by atoms with Crippen LogP contribution in [-0.2, 0) is 26.2 Å². The number of aromatic nitrogens is 8. The molecule has 85 heavy (non-hydrogen) atoms. The third kappa shape index (κ3) is 10.8. The van der Waals surface area contributed by atoms with E-state index in [1.165, 1.54) is 76.2 Å². The fourth-order valence-electron chi connectivity index (χ4n) is 12.1. The maximum atomic E-state index is 4.92. The smallest absolute Gasteiger partial charge is 1.00 e. The maximum absolute atomic E-state index is 4.92. The van der Waals surface area contributed by atoms with Gasteiger partial charge >= 0.3 is 29.6 Å². The number of nitrogens with zero attached hydrogens (tertiary/aromatic N) is 8. The molecule has 16 aromatic rings. The van der Waals surface area contributed by atoms with Gasteiger partial charge in [-0.2, -0.15) is 0 Å². The van der Waals surface area contributed by atoms with Gasteiger partial charge in [0.15, 0.2) is 0 Å². The van der Waals surface area contributed by atoms with E-state index in [0.29, 0.717) is 0 Å². The second-order valence-electron chi connectivity index (χ2n) is 20.8. The quantitative estimate of drug-likeness (QED) is 0.142. The summed E-state index contributed by atoms with van der Waals surface area (Å²) in [5, 5.41) is 10.0. The minimum absolute atomic E-state index is 0. The first-order valence-electron chi connectivity index (χ1n) is 29.2. The Morgan fingerprint density at radius 1 is 0.259 bits per heavy atom. The van der Waals surface area contributed by atoms with E-state index in [2.05, 4.69) is 286 Å². The minimum atomic E-state index is 0. The van der Waals surface area contributed by atoms with Crippen molar-refractivity contribution in [3.8, 4) is 45.0 Å². The Hall–Kier alpha value is -9.44. The van der Waals surface area contributed by atoms with Gasteiger partial charge < -0.3 is 19.7 Å². The number of hydrogen-bond acceptors (Lipinski definition) is 4. The SMILES string of the molecule is CCn1c2ccccc2c2ccc(-c3ccccc3)nc21.CCn1c2ccccc2c2ccc(-c3ccccc3)nc21.CCn1c2ccccc2c2cnc(-c3ccccc3)cc21.CCn1c2ccccc2c2cnc(-c3ccccc3)cc21.[H-].[Na+]. The van der Waals surface area contributed by atoms with Crippen molar-refractivity contribution in [2.45, 2.75) is 53.9 Å².